The SMILES string of the molecule is CCCCCCCCCCCCCCCCC(=O)O[C@H](COC(=O)CCCCCCCCCCCC(C)C)COP(=O)(O)OC[C@H](O)COP(=O)(O)OC[C@@H](COC(=O)CCCCCCCCCCCCCCCCCCC(C)C)OC(=O)CCCCCCCCCCCCCCCCCCCCC(C)C. The van der Waals surface area contributed by atoms with Crippen LogP contribution in [0.5, 0.6) is 0 Å². The lowest BCUT2D eigenvalue weighted by Crippen LogP contribution is -2.30. The van der Waals surface area contributed by atoms with E-state index < -0.39 is 97.5 Å². The number of aliphatic hydroxyl groups is 1. The number of rotatable bonds is 85. The molecule has 0 aliphatic heterocycles. The van der Waals surface area contributed by atoms with Gasteiger partial charge in [0.15, 0.2) is 12.2 Å². The van der Waals surface area contributed by atoms with E-state index in [1.807, 2.05) is 0 Å². The van der Waals surface area contributed by atoms with Gasteiger partial charge >= 0.3 is 39.5 Å². The molecule has 5 atom stereocenters. The molecule has 2 unspecified atom stereocenters. The summed E-state index contributed by atoms with van der Waals surface area (Å²) in [7, 11) is -9.93. The summed E-state index contributed by atoms with van der Waals surface area (Å²) in [6.45, 7) is 12.0. The summed E-state index contributed by atoms with van der Waals surface area (Å²) >= 11 is 0. The average molecular weight is 1550 g/mol. The summed E-state index contributed by atoms with van der Waals surface area (Å²) in [5, 5.41) is 10.7. The predicted octanol–water partition coefficient (Wildman–Crippen LogP) is 26.5. The van der Waals surface area contributed by atoms with Gasteiger partial charge in [-0.15, -0.1) is 0 Å². The number of carbonyl (C=O) groups is 4. The first kappa shape index (κ1) is 104. The molecule has 630 valence electrons. The molecular formula is C87H170O17P2. The summed E-state index contributed by atoms with van der Waals surface area (Å²) in [5.41, 5.74) is 0. The molecule has 0 aliphatic rings. The Bertz CT molecular complexity index is 2040. The molecule has 0 aliphatic carbocycles. The standard InChI is InChI=1S/C87H170O17P2/c1-8-9-10-11-12-13-14-15-28-34-41-49-56-63-70-86(91)104-83(75-98-85(90)69-62-55-48-43-36-39-46-53-60-67-80(6)7)77-102-106(95,96)100-73-81(88)72-99-105(93,94)101-76-82(74-97-84(89)68-61-54-47-40-33-29-24-21-20-23-27-32-38-45-52-59-66-79(4)5)103-87(92)71-64-57-50-42-35-30-25-19-17-16-18-22-26-31-37-44-51-58-65-78(2)3/h78-83,88H,8-77H2,1-7H3,(H,93,94)(H,95,96)/t81-,82-,83-/m1/s1. The number of aliphatic hydroxyl groups excluding tert-OH is 1. The van der Waals surface area contributed by atoms with E-state index in [1.165, 1.54) is 270 Å². The molecule has 0 saturated heterocycles. The van der Waals surface area contributed by atoms with Crippen molar-refractivity contribution in [1.82, 2.24) is 0 Å². The quantitative estimate of drug-likeness (QED) is 0.0222. The van der Waals surface area contributed by atoms with Crippen LogP contribution in [0.3, 0.4) is 0 Å². The Balaban J connectivity index is 5.24. The Morgan fingerprint density at radius 2 is 0.434 bits per heavy atom. The summed E-state index contributed by atoms with van der Waals surface area (Å²) in [6, 6.07) is 0. The van der Waals surface area contributed by atoms with E-state index in [4.69, 9.17) is 37.0 Å². The number of esters is 4. The van der Waals surface area contributed by atoms with Gasteiger partial charge in [0.25, 0.3) is 0 Å². The van der Waals surface area contributed by atoms with Crippen LogP contribution < -0.4 is 0 Å². The highest BCUT2D eigenvalue weighted by atomic mass is 31.2. The van der Waals surface area contributed by atoms with Crippen LogP contribution in [-0.2, 0) is 65.4 Å². The van der Waals surface area contributed by atoms with Crippen molar-refractivity contribution in [2.45, 2.75) is 478 Å². The van der Waals surface area contributed by atoms with Gasteiger partial charge in [0.1, 0.15) is 19.3 Å². The first-order chi connectivity index (χ1) is 51.2. The third-order valence-corrected chi connectivity index (χ3v) is 22.3. The Morgan fingerprint density at radius 3 is 0.642 bits per heavy atom. The molecule has 0 rings (SSSR count). The van der Waals surface area contributed by atoms with Crippen molar-refractivity contribution in [3.8, 4) is 0 Å². The maximum Gasteiger partial charge on any atom is 0.472 e. The molecular weight excluding hydrogens is 1380 g/mol. The van der Waals surface area contributed by atoms with Crippen molar-refractivity contribution < 1.29 is 80.2 Å². The minimum Gasteiger partial charge on any atom is -0.462 e. The maximum absolute atomic E-state index is 13.2. The third-order valence-electron chi connectivity index (χ3n) is 20.4. The van der Waals surface area contributed by atoms with Gasteiger partial charge < -0.3 is 33.8 Å². The van der Waals surface area contributed by atoms with E-state index in [9.17, 15) is 43.2 Å². The van der Waals surface area contributed by atoms with Gasteiger partial charge in [-0.1, -0.05) is 408 Å². The van der Waals surface area contributed by atoms with Crippen molar-refractivity contribution in [1.29, 1.82) is 0 Å². The Kier molecular flexibility index (Phi) is 75.6. The first-order valence-corrected chi connectivity index (χ1v) is 47.8. The number of carbonyl (C=O) groups excluding carboxylic acids is 4. The molecule has 0 aromatic rings. The van der Waals surface area contributed by atoms with Crippen LogP contribution >= 0.6 is 15.6 Å². The normalized spacial score (nSPS) is 13.9. The molecule has 17 nitrogen and oxygen atoms in total. The van der Waals surface area contributed by atoms with Gasteiger partial charge in [-0.05, 0) is 43.4 Å². The molecule has 0 bridgehead atoms. The first-order valence-electron chi connectivity index (χ1n) is 44.8. The molecule has 106 heavy (non-hydrogen) atoms. The zero-order valence-electron chi connectivity index (χ0n) is 69.9. The van der Waals surface area contributed by atoms with E-state index in [0.717, 1.165) is 108 Å². The smallest absolute Gasteiger partial charge is 0.462 e. The van der Waals surface area contributed by atoms with Crippen LogP contribution in [0.1, 0.15) is 459 Å². The van der Waals surface area contributed by atoms with E-state index in [-0.39, 0.29) is 25.7 Å². The van der Waals surface area contributed by atoms with E-state index >= 15 is 0 Å². The van der Waals surface area contributed by atoms with Gasteiger partial charge in [0, 0.05) is 25.7 Å². The van der Waals surface area contributed by atoms with Gasteiger partial charge in [0.05, 0.1) is 26.4 Å². The van der Waals surface area contributed by atoms with Crippen LogP contribution in [0.2, 0.25) is 0 Å². The predicted molar refractivity (Wildman–Crippen MR) is 437 cm³/mol. The van der Waals surface area contributed by atoms with E-state index in [0.29, 0.717) is 25.7 Å². The van der Waals surface area contributed by atoms with Crippen LogP contribution in [0.15, 0.2) is 0 Å². The average Bonchev–Trinajstić information content (AvgIpc) is 0.899. The lowest BCUT2D eigenvalue weighted by Gasteiger charge is -2.21. The highest BCUT2D eigenvalue weighted by Gasteiger charge is 2.30. The lowest BCUT2D eigenvalue weighted by molar-refractivity contribution is -0.161. The third kappa shape index (κ3) is 80.1. The molecule has 0 aromatic carbocycles. The van der Waals surface area contributed by atoms with Crippen LogP contribution in [0.25, 0.3) is 0 Å². The minimum atomic E-state index is -4.97. The molecule has 0 saturated carbocycles. The number of ether oxygens (including phenoxy) is 4. The Labute approximate surface area is 651 Å². The van der Waals surface area contributed by atoms with E-state index in [2.05, 4.69) is 48.5 Å². The molecule has 0 fully saturated rings. The zero-order valence-corrected chi connectivity index (χ0v) is 71.7. The second kappa shape index (κ2) is 77.0. The summed E-state index contributed by atoms with van der Waals surface area (Å²) in [6.07, 6.45) is 68.0. The maximum atomic E-state index is 13.2. The molecule has 3 N–H and O–H groups in total. The second-order valence-corrected chi connectivity index (χ2v) is 35.6. The summed E-state index contributed by atoms with van der Waals surface area (Å²) in [4.78, 5) is 73.3. The number of hydrogen-bond acceptors (Lipinski definition) is 15. The largest absolute Gasteiger partial charge is 0.472 e. The second-order valence-electron chi connectivity index (χ2n) is 32.7. The monoisotopic (exact) mass is 1550 g/mol. The van der Waals surface area contributed by atoms with Crippen molar-refractivity contribution in [2.75, 3.05) is 39.6 Å². The molecule has 0 amide bonds. The van der Waals surface area contributed by atoms with Crippen LogP contribution in [0.4, 0.5) is 0 Å². The number of phosphoric ester groups is 2. The van der Waals surface area contributed by atoms with Crippen molar-refractivity contribution in [2.24, 2.45) is 17.8 Å². The van der Waals surface area contributed by atoms with E-state index in [1.54, 1.807) is 0 Å². The molecule has 0 aromatic heterocycles. The van der Waals surface area contributed by atoms with Crippen molar-refractivity contribution in [3.63, 3.8) is 0 Å². The van der Waals surface area contributed by atoms with Gasteiger partial charge in [-0.2, -0.15) is 0 Å². The van der Waals surface area contributed by atoms with Crippen molar-refractivity contribution in [3.05, 3.63) is 0 Å². The van der Waals surface area contributed by atoms with Crippen molar-refractivity contribution >= 4 is 39.5 Å². The number of unbranched alkanes of at least 4 members (excludes halogenated alkanes) is 53. The van der Waals surface area contributed by atoms with Gasteiger partial charge in [-0.25, -0.2) is 9.13 Å². The van der Waals surface area contributed by atoms with Gasteiger partial charge in [0.2, 0.25) is 0 Å². The van der Waals surface area contributed by atoms with Gasteiger partial charge in [-0.3, -0.25) is 37.3 Å². The zero-order chi connectivity index (χ0) is 77.9. The van der Waals surface area contributed by atoms with Crippen LogP contribution in [0, 0.1) is 17.8 Å². The molecule has 0 heterocycles. The number of phosphoric acid groups is 2. The summed E-state index contributed by atoms with van der Waals surface area (Å²) < 4.78 is 68.9. The fourth-order valence-electron chi connectivity index (χ4n) is 13.5. The highest BCUT2D eigenvalue weighted by molar-refractivity contribution is 7.47. The molecule has 19 heteroatoms. The minimum absolute atomic E-state index is 0.108. The lowest BCUT2D eigenvalue weighted by atomic mass is 10.0. The molecule has 0 radical (unpaired) electrons. The Hall–Kier alpha value is -1.94. The van der Waals surface area contributed by atoms with Crippen LogP contribution in [-0.4, -0.2) is 96.7 Å². The number of hydrogen-bond donors (Lipinski definition) is 3. The highest BCUT2D eigenvalue weighted by Crippen LogP contribution is 2.45. The molecule has 0 spiro atoms. The fraction of sp³-hybridized carbons (Fsp3) is 0.954. The summed E-state index contributed by atoms with van der Waals surface area (Å²) in [5.74, 6) is 0.275. The Morgan fingerprint density at radius 1 is 0.255 bits per heavy atom. The topological polar surface area (TPSA) is 237 Å². The fourth-order valence-corrected chi connectivity index (χ4v) is 15.1.